The Labute approximate surface area is 113 Å². The predicted octanol–water partition coefficient (Wildman–Crippen LogP) is 1.23. The monoisotopic (exact) mass is 254 g/mol. The number of aromatic nitrogens is 1. The second kappa shape index (κ2) is 4.38. The molecule has 1 fully saturated rings. The third kappa shape index (κ3) is 2.12. The second-order valence-electron chi connectivity index (χ2n) is 5.49. The van der Waals surface area contributed by atoms with Crippen molar-refractivity contribution < 1.29 is 9.31 Å². The van der Waals surface area contributed by atoms with E-state index < -0.39 is 18.3 Å². The summed E-state index contributed by atoms with van der Waals surface area (Å²) in [6.45, 7) is 7.82. The van der Waals surface area contributed by atoms with Crippen molar-refractivity contribution in [1.29, 1.82) is 5.26 Å². The van der Waals surface area contributed by atoms with E-state index in [-0.39, 0.29) is 0 Å². The number of terminal acetylenes is 1. The summed E-state index contributed by atoms with van der Waals surface area (Å²) in [4.78, 5) is 3.95. The standard InChI is InChI=1S/C14H15BN2O2/c1-6-10-8-17-9-11(7-16)12(10)15-18-13(2,3)14(4,5)19-15/h1,8-9H,2-5H3. The van der Waals surface area contributed by atoms with E-state index in [0.29, 0.717) is 16.6 Å². The van der Waals surface area contributed by atoms with E-state index >= 15 is 0 Å². The van der Waals surface area contributed by atoms with Crippen molar-refractivity contribution in [2.45, 2.75) is 38.9 Å². The van der Waals surface area contributed by atoms with Crippen LogP contribution in [0.2, 0.25) is 0 Å². The Kier molecular flexibility index (Phi) is 3.14. The Morgan fingerprint density at radius 3 is 2.16 bits per heavy atom. The van der Waals surface area contributed by atoms with E-state index in [4.69, 9.17) is 15.7 Å². The summed E-state index contributed by atoms with van der Waals surface area (Å²) in [5.74, 6) is 2.53. The molecule has 0 amide bonds. The van der Waals surface area contributed by atoms with Crippen LogP contribution in [0.25, 0.3) is 0 Å². The van der Waals surface area contributed by atoms with Crippen molar-refractivity contribution in [3.05, 3.63) is 23.5 Å². The van der Waals surface area contributed by atoms with Crippen molar-refractivity contribution in [3.8, 4) is 18.4 Å². The fraction of sp³-hybridized carbons (Fsp3) is 0.429. The van der Waals surface area contributed by atoms with Gasteiger partial charge in [-0.3, -0.25) is 4.98 Å². The fourth-order valence-corrected chi connectivity index (χ4v) is 1.89. The molecule has 0 unspecified atom stereocenters. The normalized spacial score (nSPS) is 19.8. The van der Waals surface area contributed by atoms with Crippen LogP contribution in [0.1, 0.15) is 38.8 Å². The predicted molar refractivity (Wildman–Crippen MR) is 72.6 cm³/mol. The number of hydrogen-bond donors (Lipinski definition) is 0. The van der Waals surface area contributed by atoms with Crippen LogP contribution in [0.15, 0.2) is 12.4 Å². The van der Waals surface area contributed by atoms with Gasteiger partial charge in [-0.15, -0.1) is 6.42 Å². The van der Waals surface area contributed by atoms with Gasteiger partial charge < -0.3 is 9.31 Å². The first-order valence-corrected chi connectivity index (χ1v) is 6.02. The maximum Gasteiger partial charge on any atom is 0.497 e. The Balaban J connectivity index is 2.52. The van der Waals surface area contributed by atoms with Gasteiger partial charge in [-0.2, -0.15) is 5.26 Å². The molecule has 0 spiro atoms. The van der Waals surface area contributed by atoms with E-state index in [2.05, 4.69) is 17.0 Å². The zero-order valence-corrected chi connectivity index (χ0v) is 11.5. The van der Waals surface area contributed by atoms with Gasteiger partial charge in [0.05, 0.1) is 16.8 Å². The summed E-state index contributed by atoms with van der Waals surface area (Å²) in [6, 6.07) is 2.08. The Hall–Kier alpha value is -1.82. The highest BCUT2D eigenvalue weighted by molar-refractivity contribution is 6.63. The highest BCUT2D eigenvalue weighted by Gasteiger charge is 2.52. The van der Waals surface area contributed by atoms with Crippen molar-refractivity contribution in [1.82, 2.24) is 4.98 Å². The van der Waals surface area contributed by atoms with Crippen LogP contribution in [0.3, 0.4) is 0 Å². The van der Waals surface area contributed by atoms with Crippen LogP contribution in [0, 0.1) is 23.7 Å². The molecule has 0 bridgehead atoms. The average molecular weight is 254 g/mol. The van der Waals surface area contributed by atoms with E-state index in [1.165, 1.54) is 6.20 Å². The summed E-state index contributed by atoms with van der Waals surface area (Å²) in [5.41, 5.74) is 0.546. The number of nitriles is 1. The van der Waals surface area contributed by atoms with Crippen LogP contribution in [-0.2, 0) is 9.31 Å². The van der Waals surface area contributed by atoms with Gasteiger partial charge in [-0.1, -0.05) is 5.92 Å². The van der Waals surface area contributed by atoms with Crippen LogP contribution in [-0.4, -0.2) is 23.3 Å². The minimum absolute atomic E-state index is 0.383. The minimum atomic E-state index is -0.645. The number of nitrogens with zero attached hydrogens (tertiary/aromatic N) is 2. The van der Waals surface area contributed by atoms with Crippen LogP contribution < -0.4 is 5.46 Å². The molecule has 2 rings (SSSR count). The minimum Gasteiger partial charge on any atom is -0.399 e. The molecule has 0 aromatic carbocycles. The number of hydrogen-bond acceptors (Lipinski definition) is 4. The lowest BCUT2D eigenvalue weighted by atomic mass is 9.74. The lowest BCUT2D eigenvalue weighted by Crippen LogP contribution is -2.41. The zero-order valence-electron chi connectivity index (χ0n) is 11.5. The Morgan fingerprint density at radius 1 is 1.16 bits per heavy atom. The van der Waals surface area contributed by atoms with Gasteiger partial charge >= 0.3 is 7.12 Å². The van der Waals surface area contributed by atoms with Gasteiger partial charge in [0.15, 0.2) is 0 Å². The number of pyridine rings is 1. The highest BCUT2D eigenvalue weighted by Crippen LogP contribution is 2.36. The van der Waals surface area contributed by atoms with Crippen molar-refractivity contribution in [3.63, 3.8) is 0 Å². The van der Waals surface area contributed by atoms with E-state index in [0.717, 1.165) is 0 Å². The van der Waals surface area contributed by atoms with Gasteiger partial charge in [0.2, 0.25) is 0 Å². The number of rotatable bonds is 1. The largest absolute Gasteiger partial charge is 0.497 e. The molecule has 96 valence electrons. The van der Waals surface area contributed by atoms with E-state index in [9.17, 15) is 5.26 Å². The average Bonchev–Trinajstić information content (AvgIpc) is 2.57. The maximum atomic E-state index is 9.19. The molecular weight excluding hydrogens is 239 g/mol. The lowest BCUT2D eigenvalue weighted by Gasteiger charge is -2.32. The molecule has 0 aliphatic carbocycles. The Morgan fingerprint density at radius 2 is 1.68 bits per heavy atom. The third-order valence-corrected chi connectivity index (χ3v) is 3.75. The van der Waals surface area contributed by atoms with Crippen LogP contribution in [0.5, 0.6) is 0 Å². The summed E-state index contributed by atoms with van der Waals surface area (Å²) in [5, 5.41) is 9.19. The van der Waals surface area contributed by atoms with Crippen molar-refractivity contribution in [2.75, 3.05) is 0 Å². The maximum absolute atomic E-state index is 9.19. The summed E-state index contributed by atoms with van der Waals surface area (Å²) in [6.07, 6.45) is 8.48. The highest BCUT2D eigenvalue weighted by atomic mass is 16.7. The van der Waals surface area contributed by atoms with Gasteiger partial charge in [-0.25, -0.2) is 0 Å². The first-order chi connectivity index (χ1) is 8.82. The molecule has 1 aromatic rings. The molecule has 1 aliphatic heterocycles. The first kappa shape index (κ1) is 13.6. The van der Waals surface area contributed by atoms with Gasteiger partial charge in [0, 0.05) is 23.4 Å². The lowest BCUT2D eigenvalue weighted by molar-refractivity contribution is 0.00578. The zero-order chi connectivity index (χ0) is 14.3. The van der Waals surface area contributed by atoms with Crippen molar-refractivity contribution in [2.24, 2.45) is 0 Å². The fourth-order valence-electron chi connectivity index (χ4n) is 1.89. The molecule has 0 atom stereocenters. The van der Waals surface area contributed by atoms with E-state index in [1.807, 2.05) is 27.7 Å². The molecule has 1 saturated heterocycles. The molecular formula is C14H15BN2O2. The summed E-state index contributed by atoms with van der Waals surface area (Å²) >= 11 is 0. The SMILES string of the molecule is C#Cc1cncc(C#N)c1B1OC(C)(C)C(C)(C)O1. The van der Waals surface area contributed by atoms with Gasteiger partial charge in [-0.05, 0) is 27.7 Å². The molecule has 0 N–H and O–H groups in total. The molecule has 19 heavy (non-hydrogen) atoms. The molecule has 1 aromatic heterocycles. The second-order valence-corrected chi connectivity index (χ2v) is 5.49. The van der Waals surface area contributed by atoms with Gasteiger partial charge in [0.1, 0.15) is 6.07 Å². The quantitative estimate of drug-likeness (QED) is 0.558. The first-order valence-electron chi connectivity index (χ1n) is 6.02. The Bertz CT molecular complexity index is 548. The van der Waals surface area contributed by atoms with Crippen LogP contribution in [0.4, 0.5) is 0 Å². The molecule has 1 aliphatic rings. The van der Waals surface area contributed by atoms with Crippen molar-refractivity contribution >= 4 is 12.6 Å². The molecule has 2 heterocycles. The molecule has 0 saturated carbocycles. The molecule has 5 heteroatoms. The third-order valence-electron chi connectivity index (χ3n) is 3.75. The van der Waals surface area contributed by atoms with Gasteiger partial charge in [0.25, 0.3) is 0 Å². The van der Waals surface area contributed by atoms with Crippen LogP contribution >= 0.6 is 0 Å². The topological polar surface area (TPSA) is 55.1 Å². The summed E-state index contributed by atoms with van der Waals surface area (Å²) < 4.78 is 11.9. The molecule has 0 radical (unpaired) electrons. The summed E-state index contributed by atoms with van der Waals surface area (Å²) in [7, 11) is -0.645. The smallest absolute Gasteiger partial charge is 0.399 e. The van der Waals surface area contributed by atoms with E-state index in [1.54, 1.807) is 6.20 Å². The molecule has 4 nitrogen and oxygen atoms in total.